The van der Waals surface area contributed by atoms with Crippen LogP contribution in [0.3, 0.4) is 0 Å². The predicted octanol–water partition coefficient (Wildman–Crippen LogP) is 2.93. The normalized spacial score (nSPS) is 11.6. The van der Waals surface area contributed by atoms with Gasteiger partial charge in [0.15, 0.2) is 5.69 Å². The summed E-state index contributed by atoms with van der Waals surface area (Å²) in [5.74, 6) is -2.42. The SMILES string of the molecule is NC(=O)c1cnn(-c2ccc(-n3ccc(Cl)c(F)c3=O)cc2)c1C(F)(F)F. The molecule has 11 heteroatoms. The first-order chi connectivity index (χ1) is 12.6. The van der Waals surface area contributed by atoms with E-state index in [9.17, 15) is 27.2 Å². The van der Waals surface area contributed by atoms with Gasteiger partial charge in [0.1, 0.15) is 0 Å². The van der Waals surface area contributed by atoms with Crippen LogP contribution >= 0.6 is 11.6 Å². The van der Waals surface area contributed by atoms with Crippen LogP contribution in [0.15, 0.2) is 47.5 Å². The number of alkyl halides is 3. The fraction of sp³-hybridized carbons (Fsp3) is 0.0625. The van der Waals surface area contributed by atoms with E-state index < -0.39 is 34.7 Å². The summed E-state index contributed by atoms with van der Waals surface area (Å²) < 4.78 is 55.0. The lowest BCUT2D eigenvalue weighted by molar-refractivity contribution is -0.143. The minimum Gasteiger partial charge on any atom is -0.365 e. The van der Waals surface area contributed by atoms with E-state index in [-0.39, 0.29) is 16.4 Å². The Morgan fingerprint density at radius 1 is 1.11 bits per heavy atom. The zero-order chi connectivity index (χ0) is 19.9. The Morgan fingerprint density at radius 3 is 2.26 bits per heavy atom. The molecule has 2 aromatic heterocycles. The quantitative estimate of drug-likeness (QED) is 0.686. The highest BCUT2D eigenvalue weighted by Crippen LogP contribution is 2.33. The van der Waals surface area contributed by atoms with Crippen LogP contribution < -0.4 is 11.3 Å². The van der Waals surface area contributed by atoms with Crippen molar-refractivity contribution in [1.82, 2.24) is 14.3 Å². The van der Waals surface area contributed by atoms with Gasteiger partial charge < -0.3 is 5.73 Å². The lowest BCUT2D eigenvalue weighted by Gasteiger charge is -2.13. The second-order valence-electron chi connectivity index (χ2n) is 5.35. The van der Waals surface area contributed by atoms with Crippen molar-refractivity contribution in [3.63, 3.8) is 0 Å². The number of benzene rings is 1. The van der Waals surface area contributed by atoms with E-state index in [1.54, 1.807) is 0 Å². The van der Waals surface area contributed by atoms with Gasteiger partial charge in [-0.25, -0.2) is 4.68 Å². The van der Waals surface area contributed by atoms with Crippen LogP contribution in [0.25, 0.3) is 11.4 Å². The molecule has 2 N–H and O–H groups in total. The van der Waals surface area contributed by atoms with Crippen LogP contribution in [0.5, 0.6) is 0 Å². The molecule has 1 aromatic carbocycles. The summed E-state index contributed by atoms with van der Waals surface area (Å²) in [7, 11) is 0. The van der Waals surface area contributed by atoms with Crippen molar-refractivity contribution in [2.75, 3.05) is 0 Å². The Morgan fingerprint density at radius 2 is 1.70 bits per heavy atom. The molecule has 0 aliphatic heterocycles. The average Bonchev–Trinajstić information content (AvgIpc) is 3.06. The third kappa shape index (κ3) is 3.31. The van der Waals surface area contributed by atoms with E-state index in [4.69, 9.17) is 17.3 Å². The maximum Gasteiger partial charge on any atom is 0.434 e. The second kappa shape index (κ2) is 6.54. The molecule has 0 fully saturated rings. The summed E-state index contributed by atoms with van der Waals surface area (Å²) in [6, 6.07) is 6.19. The summed E-state index contributed by atoms with van der Waals surface area (Å²) >= 11 is 5.52. The molecule has 0 saturated carbocycles. The van der Waals surface area contributed by atoms with Gasteiger partial charge >= 0.3 is 6.18 Å². The zero-order valence-electron chi connectivity index (χ0n) is 13.2. The standard InChI is InChI=1S/C16H9ClF4N4O2/c17-11-5-6-24(15(27)12(11)18)8-1-3-9(4-2-8)25-13(16(19,20)21)10(7-23-25)14(22)26/h1-7H,(H2,22,26). The Balaban J connectivity index is 2.09. The van der Waals surface area contributed by atoms with Gasteiger partial charge in [0.25, 0.3) is 11.5 Å². The summed E-state index contributed by atoms with van der Waals surface area (Å²) in [6.07, 6.45) is -2.93. The van der Waals surface area contributed by atoms with Crippen LogP contribution in [0.4, 0.5) is 17.6 Å². The van der Waals surface area contributed by atoms with Crippen molar-refractivity contribution < 1.29 is 22.4 Å². The molecule has 6 nitrogen and oxygen atoms in total. The first-order valence-corrected chi connectivity index (χ1v) is 7.61. The molecule has 0 spiro atoms. The van der Waals surface area contributed by atoms with Gasteiger partial charge in [0.2, 0.25) is 5.82 Å². The van der Waals surface area contributed by atoms with Gasteiger partial charge in [0, 0.05) is 11.9 Å². The van der Waals surface area contributed by atoms with Crippen LogP contribution in [0, 0.1) is 5.82 Å². The number of halogens is 5. The molecule has 1 amide bonds. The number of amides is 1. The Bertz CT molecular complexity index is 1090. The number of carbonyl (C=O) groups is 1. The van der Waals surface area contributed by atoms with Gasteiger partial charge in [0.05, 0.1) is 22.5 Å². The van der Waals surface area contributed by atoms with E-state index in [2.05, 4.69) is 5.10 Å². The van der Waals surface area contributed by atoms with E-state index in [1.165, 1.54) is 36.5 Å². The van der Waals surface area contributed by atoms with E-state index in [0.29, 0.717) is 4.68 Å². The molecule has 0 saturated heterocycles. The number of carbonyl (C=O) groups excluding carboxylic acids is 1. The van der Waals surface area contributed by atoms with Crippen LogP contribution in [-0.2, 0) is 6.18 Å². The zero-order valence-corrected chi connectivity index (χ0v) is 13.9. The number of hydrogen-bond donors (Lipinski definition) is 1. The Labute approximate surface area is 153 Å². The smallest absolute Gasteiger partial charge is 0.365 e. The van der Waals surface area contributed by atoms with Gasteiger partial charge in [-0.2, -0.15) is 22.7 Å². The maximum atomic E-state index is 13.6. The summed E-state index contributed by atoms with van der Waals surface area (Å²) in [4.78, 5) is 23.1. The lowest BCUT2D eigenvalue weighted by atomic mass is 10.2. The number of hydrogen-bond acceptors (Lipinski definition) is 3. The lowest BCUT2D eigenvalue weighted by Crippen LogP contribution is -2.21. The average molecular weight is 401 g/mol. The fourth-order valence-electron chi connectivity index (χ4n) is 2.44. The monoisotopic (exact) mass is 400 g/mol. The van der Waals surface area contributed by atoms with Gasteiger partial charge in [-0.1, -0.05) is 11.6 Å². The molecule has 27 heavy (non-hydrogen) atoms. The molecular formula is C16H9ClF4N4O2. The molecule has 0 aliphatic carbocycles. The number of aromatic nitrogens is 3. The topological polar surface area (TPSA) is 82.9 Å². The van der Waals surface area contributed by atoms with Crippen LogP contribution in [0.1, 0.15) is 16.1 Å². The third-order valence-corrected chi connectivity index (χ3v) is 3.95. The minimum atomic E-state index is -4.88. The van der Waals surface area contributed by atoms with E-state index in [0.717, 1.165) is 10.8 Å². The molecule has 3 rings (SSSR count). The second-order valence-corrected chi connectivity index (χ2v) is 5.76. The molecule has 2 heterocycles. The number of rotatable bonds is 3. The number of primary amides is 1. The molecule has 0 unspecified atom stereocenters. The van der Waals surface area contributed by atoms with E-state index in [1.807, 2.05) is 0 Å². The van der Waals surface area contributed by atoms with Crippen LogP contribution in [0.2, 0.25) is 5.02 Å². The van der Waals surface area contributed by atoms with Crippen LogP contribution in [-0.4, -0.2) is 20.3 Å². The molecule has 0 radical (unpaired) electrons. The highest BCUT2D eigenvalue weighted by Gasteiger charge is 2.40. The number of pyridine rings is 1. The van der Waals surface area contributed by atoms with Gasteiger partial charge in [-0.15, -0.1) is 0 Å². The Kier molecular flexibility index (Phi) is 4.52. The van der Waals surface area contributed by atoms with Crippen molar-refractivity contribution in [2.24, 2.45) is 5.73 Å². The largest absolute Gasteiger partial charge is 0.434 e. The van der Waals surface area contributed by atoms with Crippen molar-refractivity contribution >= 4 is 17.5 Å². The summed E-state index contributed by atoms with van der Waals surface area (Å²) in [6.45, 7) is 0. The van der Waals surface area contributed by atoms with Gasteiger partial charge in [-0.3, -0.25) is 14.2 Å². The van der Waals surface area contributed by atoms with Crippen molar-refractivity contribution in [2.45, 2.75) is 6.18 Å². The summed E-state index contributed by atoms with van der Waals surface area (Å²) in [5, 5.41) is 3.22. The highest BCUT2D eigenvalue weighted by atomic mass is 35.5. The number of nitrogens with two attached hydrogens (primary N) is 1. The highest BCUT2D eigenvalue weighted by molar-refractivity contribution is 6.30. The first kappa shape index (κ1) is 18.6. The fourth-order valence-corrected chi connectivity index (χ4v) is 2.58. The molecule has 140 valence electrons. The van der Waals surface area contributed by atoms with Crippen molar-refractivity contribution in [3.8, 4) is 11.4 Å². The molecule has 0 aliphatic rings. The van der Waals surface area contributed by atoms with Gasteiger partial charge in [-0.05, 0) is 30.3 Å². The molecule has 3 aromatic rings. The number of nitrogens with zero attached hydrogens (tertiary/aromatic N) is 3. The summed E-state index contributed by atoms with van der Waals surface area (Å²) in [5.41, 5.74) is 2.01. The molecule has 0 atom stereocenters. The maximum absolute atomic E-state index is 13.6. The van der Waals surface area contributed by atoms with Crippen molar-refractivity contribution in [1.29, 1.82) is 0 Å². The molecular weight excluding hydrogens is 392 g/mol. The first-order valence-electron chi connectivity index (χ1n) is 7.23. The Hall–Kier alpha value is -3.14. The van der Waals surface area contributed by atoms with E-state index >= 15 is 0 Å². The minimum absolute atomic E-state index is 0.0407. The third-order valence-electron chi connectivity index (χ3n) is 3.66. The predicted molar refractivity (Wildman–Crippen MR) is 87.6 cm³/mol. The molecule has 0 bridgehead atoms. The van der Waals surface area contributed by atoms with Crippen molar-refractivity contribution in [3.05, 3.63) is 75.2 Å².